The lowest BCUT2D eigenvalue weighted by Gasteiger charge is -2.17. The Morgan fingerprint density at radius 3 is 0.464 bits per heavy atom. The summed E-state index contributed by atoms with van der Waals surface area (Å²) in [7, 11) is 12.5. The van der Waals surface area contributed by atoms with Gasteiger partial charge in [0.15, 0.2) is 161 Å². The number of aromatic amines is 2. The fourth-order valence-corrected chi connectivity index (χ4v) is 13.0. The van der Waals surface area contributed by atoms with Crippen LogP contribution in [0.25, 0.3) is 89.7 Å². The second-order valence-electron chi connectivity index (χ2n) is 25.0. The van der Waals surface area contributed by atoms with Gasteiger partial charge in [0.1, 0.15) is 22.6 Å². The highest BCUT2D eigenvalue weighted by atomic mass is 16.6. The van der Waals surface area contributed by atoms with Crippen molar-refractivity contribution in [2.24, 2.45) is 0 Å². The minimum atomic E-state index is 0.166. The molecule has 0 radical (unpaired) electrons. The number of aromatic nitrogens is 8. The first-order valence-corrected chi connectivity index (χ1v) is 35.1. The molecule has 24 heteroatoms. The van der Waals surface area contributed by atoms with Crippen molar-refractivity contribution in [1.29, 1.82) is 0 Å². The van der Waals surface area contributed by atoms with Gasteiger partial charge in [-0.3, -0.25) is 0 Å². The summed E-state index contributed by atoms with van der Waals surface area (Å²) in [6.07, 6.45) is 0. The van der Waals surface area contributed by atoms with E-state index >= 15 is 0 Å². The van der Waals surface area contributed by atoms with E-state index in [9.17, 15) is 0 Å². The molecule has 112 heavy (non-hydrogen) atoms. The molecule has 2 aliphatic heterocycles. The van der Waals surface area contributed by atoms with Crippen molar-refractivity contribution >= 4 is 44.1 Å². The Morgan fingerprint density at radius 2 is 0.312 bits per heavy atom. The topological polar surface area (TPSA) is 257 Å². The number of nitrogens with one attached hydrogen (secondary N) is 2. The molecule has 8 bridgehead atoms. The maximum Gasteiger partial charge on any atom is 0.170 e. The molecular weight excluding hydrogens is 1430 g/mol. The zero-order valence-corrected chi connectivity index (χ0v) is 61.3. The summed E-state index contributed by atoms with van der Waals surface area (Å²) >= 11 is 0. The predicted molar refractivity (Wildman–Crippen MR) is 421 cm³/mol. The Balaban J connectivity index is 1.01. The number of methoxy groups -OCH3 is 8. The third kappa shape index (κ3) is 13.5. The van der Waals surface area contributed by atoms with Crippen LogP contribution in [-0.2, 0) is 0 Å². The summed E-state index contributed by atoms with van der Waals surface area (Å²) in [5, 5.41) is 1.94. The standard InChI is InChI=1S/C88H66N8O16/c1-97-57-25-9-17-33-65(57)105-73-41-49-50(42-74(73)106-66-34-18-10-26-58(66)98-2)82-89-81(49)93-83-51-43-75(107-67-35-19-11-27-59(67)99-3)76(108-68-36-20-12-28-60(68)100-4)44-52(51)85(90-83)95-87-55-47-79(111-71-39-23-15-31-63(71)103-7)80(112-72-40-24-16-32-64(72)104-8)48-56(55)88(92-87)96-86-54-46-78(110-70-38-22-14-30-62(70)102-6)77(45-53(54)84(91-86)94-82)109-69-37-21-13-29-61(69)101-5/h9-48H,1-8H3,(H2,89,90,91,92,93,94,95,96). The average Bonchev–Trinajstić information content (AvgIpc) is 1.59. The van der Waals surface area contributed by atoms with Gasteiger partial charge in [-0.25, -0.2) is 29.9 Å². The molecule has 3 aromatic heterocycles. The molecule has 0 unspecified atom stereocenters. The number of nitrogens with zero attached hydrogens (tertiary/aromatic N) is 6. The molecular formula is C88H66N8O16. The highest BCUT2D eigenvalue weighted by Crippen LogP contribution is 2.53. The summed E-state index contributed by atoms with van der Waals surface area (Å²) in [6, 6.07) is 72.6. The Bertz CT molecular complexity index is 5600. The molecule has 0 aliphatic carbocycles. The van der Waals surface area contributed by atoms with Gasteiger partial charge in [-0.2, -0.15) is 0 Å². The molecule has 17 rings (SSSR count). The monoisotopic (exact) mass is 1490 g/mol. The van der Waals surface area contributed by atoms with Crippen molar-refractivity contribution in [1.82, 2.24) is 39.9 Å². The lowest BCUT2D eigenvalue weighted by atomic mass is 10.1. The van der Waals surface area contributed by atoms with Crippen LogP contribution in [0.2, 0.25) is 0 Å². The van der Waals surface area contributed by atoms with Crippen LogP contribution in [0, 0.1) is 0 Å². The Hall–Kier alpha value is -15.2. The number of hydrogen-bond acceptors (Lipinski definition) is 22. The van der Waals surface area contributed by atoms with Crippen LogP contribution < -0.4 is 75.8 Å². The van der Waals surface area contributed by atoms with Crippen LogP contribution in [0.15, 0.2) is 243 Å². The predicted octanol–water partition coefficient (Wildman–Crippen LogP) is 21.3. The molecule has 0 saturated heterocycles. The van der Waals surface area contributed by atoms with E-state index in [1.54, 1.807) is 178 Å². The molecule has 554 valence electrons. The molecule has 2 aliphatic rings. The van der Waals surface area contributed by atoms with E-state index < -0.39 is 0 Å². The first kappa shape index (κ1) is 69.8. The second-order valence-corrected chi connectivity index (χ2v) is 25.0. The number of para-hydroxylation sites is 16. The van der Waals surface area contributed by atoms with Gasteiger partial charge in [-0.05, 0) is 146 Å². The van der Waals surface area contributed by atoms with Crippen LogP contribution in [0.5, 0.6) is 138 Å². The zero-order chi connectivity index (χ0) is 76.3. The van der Waals surface area contributed by atoms with E-state index in [0.29, 0.717) is 136 Å². The molecule has 24 nitrogen and oxygen atoms in total. The molecule has 0 amide bonds. The Kier molecular flexibility index (Phi) is 18.8. The molecule has 12 aromatic carbocycles. The van der Waals surface area contributed by atoms with Gasteiger partial charge in [0.2, 0.25) is 0 Å². The summed E-state index contributed by atoms with van der Waals surface area (Å²) in [6.45, 7) is 0. The lowest BCUT2D eigenvalue weighted by molar-refractivity contribution is 0.357. The van der Waals surface area contributed by atoms with Crippen molar-refractivity contribution < 1.29 is 75.8 Å². The van der Waals surface area contributed by atoms with Crippen LogP contribution in [0.4, 0.5) is 0 Å². The van der Waals surface area contributed by atoms with Crippen molar-refractivity contribution in [3.05, 3.63) is 243 Å². The van der Waals surface area contributed by atoms with E-state index in [1.807, 2.05) is 121 Å². The number of benzene rings is 12. The number of H-pyrrole nitrogens is 2. The van der Waals surface area contributed by atoms with Crippen LogP contribution in [-0.4, -0.2) is 96.8 Å². The van der Waals surface area contributed by atoms with E-state index in [1.165, 1.54) is 0 Å². The van der Waals surface area contributed by atoms with Crippen molar-refractivity contribution in [2.75, 3.05) is 56.9 Å². The first-order chi connectivity index (χ1) is 55.1. The Labute approximate surface area is 639 Å². The van der Waals surface area contributed by atoms with E-state index in [2.05, 4.69) is 9.97 Å². The molecule has 0 spiro atoms. The molecule has 0 saturated carbocycles. The van der Waals surface area contributed by atoms with Crippen LogP contribution in [0.3, 0.4) is 0 Å². The van der Waals surface area contributed by atoms with Gasteiger partial charge < -0.3 is 85.8 Å². The van der Waals surface area contributed by atoms with E-state index in [-0.39, 0.29) is 91.9 Å². The van der Waals surface area contributed by atoms with Gasteiger partial charge >= 0.3 is 0 Å². The average molecular weight is 1490 g/mol. The molecule has 15 aromatic rings. The van der Waals surface area contributed by atoms with Gasteiger partial charge in [-0.15, -0.1) is 0 Å². The van der Waals surface area contributed by atoms with Crippen molar-refractivity contribution in [3.63, 3.8) is 0 Å². The molecule has 0 fully saturated rings. The lowest BCUT2D eigenvalue weighted by Crippen LogP contribution is -1.96. The van der Waals surface area contributed by atoms with Gasteiger partial charge in [0.05, 0.1) is 56.9 Å². The summed E-state index contributed by atoms with van der Waals surface area (Å²) < 4.78 is 102. The first-order valence-electron chi connectivity index (χ1n) is 35.1. The number of fused-ring (bicyclic) bond motifs is 20. The number of rotatable bonds is 24. The van der Waals surface area contributed by atoms with Crippen molar-refractivity contribution in [3.8, 4) is 184 Å². The van der Waals surface area contributed by atoms with Crippen molar-refractivity contribution in [2.45, 2.75) is 0 Å². The van der Waals surface area contributed by atoms with Gasteiger partial charge in [0.25, 0.3) is 0 Å². The summed E-state index contributed by atoms with van der Waals surface area (Å²) in [5.74, 6) is 9.23. The summed E-state index contributed by atoms with van der Waals surface area (Å²) in [5.41, 5.74) is 2.84. The van der Waals surface area contributed by atoms with E-state index in [0.717, 1.165) is 0 Å². The maximum atomic E-state index is 6.92. The Morgan fingerprint density at radius 1 is 0.170 bits per heavy atom. The number of hydrogen-bond donors (Lipinski definition) is 2. The smallest absolute Gasteiger partial charge is 0.170 e. The quantitative estimate of drug-likeness (QED) is 0.0570. The fourth-order valence-electron chi connectivity index (χ4n) is 13.0. The number of ether oxygens (including phenoxy) is 16. The molecule has 2 N–H and O–H groups in total. The normalized spacial score (nSPS) is 11.2. The largest absolute Gasteiger partial charge is 0.493 e. The third-order valence-corrected chi connectivity index (χ3v) is 18.4. The SMILES string of the molecule is COc1ccccc1Oc1cc2c(cc1Oc1ccccc1OC)-c1nc-2nc2[nH]c(nc3nc(nc4[nH]c(n1)c1cc(Oc5ccccc5OC)c(Oc5ccccc5OC)cc41)-c1cc(Oc4ccccc4OC)c(Oc4ccccc4OC)cc1-3)c1cc(Oc3ccccc3OC)c(Oc3ccccc3OC)cc21. The van der Waals surface area contributed by atoms with Gasteiger partial charge in [0, 0.05) is 43.8 Å². The minimum absolute atomic E-state index is 0.166. The van der Waals surface area contributed by atoms with E-state index in [4.69, 9.17) is 106 Å². The van der Waals surface area contributed by atoms with Crippen LogP contribution in [0.1, 0.15) is 0 Å². The van der Waals surface area contributed by atoms with Gasteiger partial charge in [-0.1, -0.05) is 97.1 Å². The highest BCUT2D eigenvalue weighted by molar-refractivity contribution is 6.08. The fraction of sp³-hybridized carbons (Fsp3) is 0.0909. The van der Waals surface area contributed by atoms with Crippen LogP contribution >= 0.6 is 0 Å². The molecule has 0 atom stereocenters. The third-order valence-electron chi connectivity index (χ3n) is 18.4. The summed E-state index contributed by atoms with van der Waals surface area (Å²) in [4.78, 5) is 40.3. The second kappa shape index (κ2) is 30.2. The zero-order valence-electron chi connectivity index (χ0n) is 61.3. The highest BCUT2D eigenvalue weighted by Gasteiger charge is 2.31. The maximum absolute atomic E-state index is 6.92. The minimum Gasteiger partial charge on any atom is -0.493 e. The molecule has 5 heterocycles.